The number of thiophene rings is 1. The number of aromatic nitrogens is 2. The molecule has 2 aromatic heterocycles. The first-order chi connectivity index (χ1) is 12.1. The van der Waals surface area contributed by atoms with Crippen LogP contribution < -0.4 is 0 Å². The van der Waals surface area contributed by atoms with Gasteiger partial charge in [-0.1, -0.05) is 5.16 Å². The predicted octanol–water partition coefficient (Wildman–Crippen LogP) is 2.39. The molecular formula is C16H22N4O3S2. The molecule has 25 heavy (non-hydrogen) atoms. The molecule has 0 spiro atoms. The second-order valence-corrected chi connectivity index (χ2v) is 9.42. The topological polar surface area (TPSA) is 79.5 Å². The lowest BCUT2D eigenvalue weighted by molar-refractivity contribution is 0.236. The van der Waals surface area contributed by atoms with Gasteiger partial charge in [-0.15, -0.1) is 0 Å². The first kappa shape index (κ1) is 17.1. The van der Waals surface area contributed by atoms with Crippen molar-refractivity contribution in [3.05, 3.63) is 22.7 Å². The van der Waals surface area contributed by atoms with E-state index in [9.17, 15) is 8.42 Å². The van der Waals surface area contributed by atoms with Gasteiger partial charge in [0.1, 0.15) is 0 Å². The Morgan fingerprint density at radius 2 is 2.00 bits per heavy atom. The molecular weight excluding hydrogens is 360 g/mol. The van der Waals surface area contributed by atoms with Gasteiger partial charge in [0.25, 0.3) is 10.2 Å². The van der Waals surface area contributed by atoms with Crippen molar-refractivity contribution < 1.29 is 12.9 Å². The summed E-state index contributed by atoms with van der Waals surface area (Å²) in [6, 6.07) is 1.96. The van der Waals surface area contributed by atoms with E-state index in [2.05, 4.69) is 10.1 Å². The van der Waals surface area contributed by atoms with E-state index in [0.29, 0.717) is 44.3 Å². The Balaban J connectivity index is 1.41. The molecule has 0 radical (unpaired) electrons. The third-order valence-electron chi connectivity index (χ3n) is 4.91. The summed E-state index contributed by atoms with van der Waals surface area (Å²) in [6.45, 7) is 2.45. The summed E-state index contributed by atoms with van der Waals surface area (Å²) in [5, 5.41) is 8.00. The molecule has 136 valence electrons. The van der Waals surface area contributed by atoms with E-state index < -0.39 is 10.2 Å². The lowest BCUT2D eigenvalue weighted by Gasteiger charge is -2.33. The molecule has 0 aromatic carbocycles. The maximum absolute atomic E-state index is 12.7. The quantitative estimate of drug-likeness (QED) is 0.793. The average Bonchev–Trinajstić information content (AvgIpc) is 3.36. The van der Waals surface area contributed by atoms with Gasteiger partial charge in [0.2, 0.25) is 11.7 Å². The Bertz CT molecular complexity index is 797. The minimum Gasteiger partial charge on any atom is -0.339 e. The lowest BCUT2D eigenvalue weighted by Crippen LogP contribution is -2.47. The smallest absolute Gasteiger partial charge is 0.281 e. The molecule has 9 heteroatoms. The zero-order valence-electron chi connectivity index (χ0n) is 14.0. The molecule has 2 aromatic rings. The van der Waals surface area contributed by atoms with Gasteiger partial charge in [-0.25, -0.2) is 0 Å². The Labute approximate surface area is 151 Å². The van der Waals surface area contributed by atoms with Gasteiger partial charge >= 0.3 is 0 Å². The summed E-state index contributed by atoms with van der Waals surface area (Å²) in [5.74, 6) is 1.42. The van der Waals surface area contributed by atoms with Crippen molar-refractivity contribution >= 4 is 21.5 Å². The van der Waals surface area contributed by atoms with E-state index in [1.807, 2.05) is 16.8 Å². The highest BCUT2D eigenvalue weighted by molar-refractivity contribution is 7.86. The van der Waals surface area contributed by atoms with Crippen molar-refractivity contribution in [2.24, 2.45) is 5.92 Å². The highest BCUT2D eigenvalue weighted by Crippen LogP contribution is 2.26. The van der Waals surface area contributed by atoms with Crippen molar-refractivity contribution in [3.63, 3.8) is 0 Å². The second-order valence-electron chi connectivity index (χ2n) is 6.71. The number of hydrogen-bond donors (Lipinski definition) is 0. The maximum atomic E-state index is 12.7. The van der Waals surface area contributed by atoms with Crippen molar-refractivity contribution in [2.45, 2.75) is 32.1 Å². The van der Waals surface area contributed by atoms with Crippen molar-refractivity contribution in [3.8, 4) is 11.4 Å². The summed E-state index contributed by atoms with van der Waals surface area (Å²) in [4.78, 5) is 4.46. The molecule has 2 fully saturated rings. The van der Waals surface area contributed by atoms with Crippen LogP contribution in [0, 0.1) is 5.92 Å². The highest BCUT2D eigenvalue weighted by atomic mass is 32.2. The standard InChI is InChI=1S/C16H22N4O3S2/c21-25(22,19-6-1-2-7-19)20-8-3-4-13(11-20)10-15-17-16(18-23-15)14-5-9-24-12-14/h5,9,12-13H,1-4,6-8,10-11H2. The molecule has 7 nitrogen and oxygen atoms in total. The molecule has 4 heterocycles. The van der Waals surface area contributed by atoms with E-state index in [-0.39, 0.29) is 5.92 Å². The van der Waals surface area contributed by atoms with E-state index >= 15 is 0 Å². The molecule has 0 N–H and O–H groups in total. The molecule has 4 rings (SSSR count). The van der Waals surface area contributed by atoms with Crippen LogP contribution in [0.3, 0.4) is 0 Å². The number of nitrogens with zero attached hydrogens (tertiary/aromatic N) is 4. The third-order valence-corrected chi connectivity index (χ3v) is 7.60. The van der Waals surface area contributed by atoms with Crippen LogP contribution in [0.15, 0.2) is 21.3 Å². The molecule has 1 unspecified atom stereocenters. The Hall–Kier alpha value is -1.29. The zero-order valence-corrected chi connectivity index (χ0v) is 15.6. The van der Waals surface area contributed by atoms with Crippen LogP contribution in [0.1, 0.15) is 31.6 Å². The SMILES string of the molecule is O=S(=O)(N1CCCC1)N1CCCC(Cc2nc(-c3ccsc3)no2)C1. The van der Waals surface area contributed by atoms with Crippen LogP contribution in [-0.4, -0.2) is 53.3 Å². The van der Waals surface area contributed by atoms with Gasteiger partial charge in [0.05, 0.1) is 0 Å². The second kappa shape index (κ2) is 7.14. The number of rotatable bonds is 5. The van der Waals surface area contributed by atoms with Crippen LogP contribution in [-0.2, 0) is 16.6 Å². The lowest BCUT2D eigenvalue weighted by atomic mass is 9.96. The number of hydrogen-bond acceptors (Lipinski definition) is 6. The fraction of sp³-hybridized carbons (Fsp3) is 0.625. The molecule has 0 bridgehead atoms. The third kappa shape index (κ3) is 3.64. The van der Waals surface area contributed by atoms with Crippen LogP contribution >= 0.6 is 11.3 Å². The Kier molecular flexibility index (Phi) is 4.90. The largest absolute Gasteiger partial charge is 0.339 e. The fourth-order valence-electron chi connectivity index (χ4n) is 3.58. The van der Waals surface area contributed by atoms with E-state index in [1.54, 1.807) is 19.9 Å². The van der Waals surface area contributed by atoms with Crippen LogP contribution in [0.5, 0.6) is 0 Å². The Morgan fingerprint density at radius 1 is 1.20 bits per heavy atom. The van der Waals surface area contributed by atoms with Crippen molar-refractivity contribution in [1.82, 2.24) is 18.8 Å². The van der Waals surface area contributed by atoms with Crippen LogP contribution in [0.4, 0.5) is 0 Å². The van der Waals surface area contributed by atoms with Gasteiger partial charge in [-0.05, 0) is 43.0 Å². The zero-order chi connectivity index (χ0) is 17.3. The van der Waals surface area contributed by atoms with E-state index in [4.69, 9.17) is 4.52 Å². The first-order valence-corrected chi connectivity index (χ1v) is 11.1. The van der Waals surface area contributed by atoms with Crippen molar-refractivity contribution in [1.29, 1.82) is 0 Å². The van der Waals surface area contributed by atoms with Gasteiger partial charge < -0.3 is 4.52 Å². The van der Waals surface area contributed by atoms with Gasteiger partial charge in [-0.3, -0.25) is 0 Å². The highest BCUT2D eigenvalue weighted by Gasteiger charge is 2.35. The molecule has 0 aliphatic carbocycles. The molecule has 2 saturated heterocycles. The summed E-state index contributed by atoms with van der Waals surface area (Å²) in [7, 11) is -3.32. The maximum Gasteiger partial charge on any atom is 0.281 e. The first-order valence-electron chi connectivity index (χ1n) is 8.73. The summed E-state index contributed by atoms with van der Waals surface area (Å²) >= 11 is 1.59. The van der Waals surface area contributed by atoms with Crippen molar-refractivity contribution in [2.75, 3.05) is 26.2 Å². The van der Waals surface area contributed by atoms with Gasteiger partial charge in [0.15, 0.2) is 0 Å². The minimum atomic E-state index is -3.32. The van der Waals surface area contributed by atoms with Gasteiger partial charge in [0, 0.05) is 43.5 Å². The summed E-state index contributed by atoms with van der Waals surface area (Å²) in [6.07, 6.45) is 4.42. The molecule has 2 aliphatic heterocycles. The average molecular weight is 383 g/mol. The molecule has 0 saturated carbocycles. The molecule has 0 amide bonds. The normalized spacial score (nSPS) is 23.3. The Morgan fingerprint density at radius 3 is 2.76 bits per heavy atom. The minimum absolute atomic E-state index is 0.224. The van der Waals surface area contributed by atoms with Gasteiger partial charge in [-0.2, -0.15) is 33.3 Å². The monoisotopic (exact) mass is 382 g/mol. The van der Waals surface area contributed by atoms with Crippen LogP contribution in [0.25, 0.3) is 11.4 Å². The summed E-state index contributed by atoms with van der Waals surface area (Å²) in [5.41, 5.74) is 0.960. The molecule has 1 atom stereocenters. The van der Waals surface area contributed by atoms with Crippen LogP contribution in [0.2, 0.25) is 0 Å². The van der Waals surface area contributed by atoms with E-state index in [0.717, 1.165) is 31.2 Å². The fourth-order valence-corrected chi connectivity index (χ4v) is 6.02. The number of piperidine rings is 1. The summed E-state index contributed by atoms with van der Waals surface area (Å²) < 4.78 is 34.1. The predicted molar refractivity (Wildman–Crippen MR) is 95.3 cm³/mol. The van der Waals surface area contributed by atoms with E-state index in [1.165, 1.54) is 0 Å². The molecule has 2 aliphatic rings.